The van der Waals surface area contributed by atoms with Crippen LogP contribution in [0.2, 0.25) is 0 Å². The van der Waals surface area contributed by atoms with E-state index in [4.69, 9.17) is 0 Å². The normalized spacial score (nSPS) is 11.8. The highest BCUT2D eigenvalue weighted by Crippen LogP contribution is 2.22. The van der Waals surface area contributed by atoms with Crippen LogP contribution in [-0.2, 0) is 14.3 Å². The number of alkyl halides is 3. The lowest BCUT2D eigenvalue weighted by molar-refractivity contribution is -0.202. The molecule has 2 aromatic carbocycles. The number of esters is 2. The fourth-order valence-corrected chi connectivity index (χ4v) is 2.72. The Morgan fingerprint density at radius 1 is 0.844 bits per heavy atom. The summed E-state index contributed by atoms with van der Waals surface area (Å²) < 4.78 is 41.2. The van der Waals surface area contributed by atoms with E-state index in [2.05, 4.69) is 20.4 Å². The minimum Gasteiger partial charge on any atom is -0.385 e. The lowest BCUT2D eigenvalue weighted by atomic mass is 10.1. The van der Waals surface area contributed by atoms with Crippen molar-refractivity contribution in [1.29, 1.82) is 0 Å². The van der Waals surface area contributed by atoms with Crippen LogP contribution in [0.1, 0.15) is 11.6 Å². The number of pyridine rings is 1. The number of carbonyl (C=O) groups is 3. The first-order valence-electron chi connectivity index (χ1n) is 9.20. The molecule has 3 rings (SSSR count). The molecule has 0 aliphatic rings. The largest absolute Gasteiger partial charge is 0.491 e. The van der Waals surface area contributed by atoms with Crippen molar-refractivity contribution < 1.29 is 32.3 Å². The molecule has 1 aromatic heterocycles. The Morgan fingerprint density at radius 3 is 2.03 bits per heavy atom. The number of carbonyl (C=O) groups excluding carboxylic acids is 3. The molecule has 0 aliphatic carbocycles. The molecule has 0 aliphatic heterocycles. The molecule has 0 saturated heterocycles. The van der Waals surface area contributed by atoms with Crippen molar-refractivity contribution >= 4 is 23.7 Å². The van der Waals surface area contributed by atoms with Crippen molar-refractivity contribution in [1.82, 2.24) is 10.3 Å². The van der Waals surface area contributed by atoms with E-state index in [1.807, 2.05) is 12.1 Å². The summed E-state index contributed by atoms with van der Waals surface area (Å²) in [5, 5.41) is 4.71. The smallest absolute Gasteiger partial charge is 0.385 e. The Hall–Kier alpha value is -4.21. The van der Waals surface area contributed by atoms with Crippen LogP contribution in [0.4, 0.5) is 23.7 Å². The monoisotopic (exact) mass is 443 g/mol. The summed E-state index contributed by atoms with van der Waals surface area (Å²) in [6, 6.07) is 15.2. The first-order valence-corrected chi connectivity index (χ1v) is 9.20. The van der Waals surface area contributed by atoms with Gasteiger partial charge in [-0.15, -0.1) is 0 Å². The SMILES string of the molecule is O=C(Nc1ccc(-c2ccncc2)cc1)N[C@@H](C(=O)OC(=O)C(F)(F)F)c1ccccc1. The van der Waals surface area contributed by atoms with Crippen LogP contribution in [0, 0.1) is 0 Å². The molecule has 10 heteroatoms. The molecule has 1 heterocycles. The molecule has 3 aromatic rings. The molecular weight excluding hydrogens is 427 g/mol. The molecular formula is C22H16F3N3O4. The third-order valence-electron chi connectivity index (χ3n) is 4.23. The minimum absolute atomic E-state index is 0.135. The number of hydrogen-bond acceptors (Lipinski definition) is 5. The van der Waals surface area contributed by atoms with Gasteiger partial charge in [0.15, 0.2) is 6.04 Å². The molecule has 32 heavy (non-hydrogen) atoms. The summed E-state index contributed by atoms with van der Waals surface area (Å²) in [5.74, 6) is -4.24. The fourth-order valence-electron chi connectivity index (χ4n) is 2.72. The topological polar surface area (TPSA) is 97.4 Å². The zero-order chi connectivity index (χ0) is 23.1. The van der Waals surface area contributed by atoms with Crippen molar-refractivity contribution in [3.63, 3.8) is 0 Å². The Bertz CT molecular complexity index is 1090. The molecule has 164 valence electrons. The van der Waals surface area contributed by atoms with E-state index in [0.29, 0.717) is 5.69 Å². The van der Waals surface area contributed by atoms with E-state index in [0.717, 1.165) is 11.1 Å². The van der Waals surface area contributed by atoms with Crippen LogP contribution in [0.15, 0.2) is 79.1 Å². The number of nitrogens with zero attached hydrogens (tertiary/aromatic N) is 1. The van der Waals surface area contributed by atoms with Crippen LogP contribution in [-0.4, -0.2) is 29.1 Å². The standard InChI is InChI=1S/C22H16F3N3O4/c23-22(24,25)20(30)32-19(29)18(16-4-2-1-3-5-16)28-21(31)27-17-8-6-14(7-9-17)15-10-12-26-13-11-15/h1-13,18H,(H2,27,28,31)/t18-/m1/s1. The van der Waals surface area contributed by atoms with Crippen molar-refractivity contribution in [2.45, 2.75) is 12.2 Å². The van der Waals surface area contributed by atoms with Gasteiger partial charge in [-0.05, 0) is 41.0 Å². The van der Waals surface area contributed by atoms with Crippen LogP contribution in [0.25, 0.3) is 11.1 Å². The van der Waals surface area contributed by atoms with Gasteiger partial charge in [0, 0.05) is 18.1 Å². The second-order valence-corrected chi connectivity index (χ2v) is 6.46. The highest BCUT2D eigenvalue weighted by molar-refractivity contribution is 5.96. The van der Waals surface area contributed by atoms with Crippen molar-refractivity contribution in [2.75, 3.05) is 5.32 Å². The number of urea groups is 1. The minimum atomic E-state index is -5.35. The van der Waals surface area contributed by atoms with E-state index in [1.165, 1.54) is 24.3 Å². The number of ether oxygens (including phenoxy) is 1. The number of amides is 2. The average Bonchev–Trinajstić information content (AvgIpc) is 2.78. The first kappa shape index (κ1) is 22.5. The van der Waals surface area contributed by atoms with E-state index in [9.17, 15) is 27.6 Å². The summed E-state index contributed by atoms with van der Waals surface area (Å²) in [4.78, 5) is 39.6. The molecule has 2 amide bonds. The molecule has 2 N–H and O–H groups in total. The molecule has 0 bridgehead atoms. The zero-order valence-corrected chi connectivity index (χ0v) is 16.3. The fraction of sp³-hybridized carbons (Fsp3) is 0.0909. The molecule has 0 unspecified atom stereocenters. The summed E-state index contributed by atoms with van der Waals surface area (Å²) in [6.45, 7) is 0. The summed E-state index contributed by atoms with van der Waals surface area (Å²) >= 11 is 0. The van der Waals surface area contributed by atoms with Gasteiger partial charge in [0.05, 0.1) is 0 Å². The maximum absolute atomic E-state index is 12.5. The van der Waals surface area contributed by atoms with Gasteiger partial charge in [0.1, 0.15) is 0 Å². The van der Waals surface area contributed by atoms with Gasteiger partial charge in [0.2, 0.25) is 0 Å². The van der Waals surface area contributed by atoms with Gasteiger partial charge in [-0.25, -0.2) is 14.4 Å². The molecule has 0 fully saturated rings. The predicted molar refractivity (Wildman–Crippen MR) is 108 cm³/mol. The van der Waals surface area contributed by atoms with Crippen LogP contribution >= 0.6 is 0 Å². The van der Waals surface area contributed by atoms with Gasteiger partial charge in [-0.2, -0.15) is 13.2 Å². The second-order valence-electron chi connectivity index (χ2n) is 6.46. The summed E-state index contributed by atoms with van der Waals surface area (Å²) in [7, 11) is 0. The third kappa shape index (κ3) is 5.91. The van der Waals surface area contributed by atoms with E-state index in [1.54, 1.807) is 42.7 Å². The lowest BCUT2D eigenvalue weighted by Crippen LogP contribution is -2.40. The van der Waals surface area contributed by atoms with Crippen molar-refractivity contribution in [2.24, 2.45) is 0 Å². The predicted octanol–water partition coefficient (Wildman–Crippen LogP) is 4.24. The highest BCUT2D eigenvalue weighted by atomic mass is 19.4. The zero-order valence-electron chi connectivity index (χ0n) is 16.3. The van der Waals surface area contributed by atoms with Crippen molar-refractivity contribution in [3.05, 3.63) is 84.7 Å². The van der Waals surface area contributed by atoms with Crippen molar-refractivity contribution in [3.8, 4) is 11.1 Å². The average molecular weight is 443 g/mol. The lowest BCUT2D eigenvalue weighted by Gasteiger charge is -2.18. The van der Waals surface area contributed by atoms with E-state index in [-0.39, 0.29) is 5.56 Å². The number of nitrogens with one attached hydrogen (secondary N) is 2. The van der Waals surface area contributed by atoms with Gasteiger partial charge < -0.3 is 15.4 Å². The Kier molecular flexibility index (Phi) is 6.83. The number of aromatic nitrogens is 1. The second kappa shape index (κ2) is 9.73. The highest BCUT2D eigenvalue weighted by Gasteiger charge is 2.43. The number of halogens is 3. The Balaban J connectivity index is 1.71. The third-order valence-corrected chi connectivity index (χ3v) is 4.23. The molecule has 0 spiro atoms. The van der Waals surface area contributed by atoms with E-state index < -0.39 is 30.2 Å². The van der Waals surface area contributed by atoms with Crippen LogP contribution in [0.5, 0.6) is 0 Å². The number of benzene rings is 2. The Morgan fingerprint density at radius 2 is 1.44 bits per heavy atom. The molecule has 0 saturated carbocycles. The number of hydrogen-bond donors (Lipinski definition) is 2. The molecule has 7 nitrogen and oxygen atoms in total. The maximum atomic E-state index is 12.5. The number of anilines is 1. The maximum Gasteiger partial charge on any atom is 0.491 e. The van der Waals surface area contributed by atoms with Gasteiger partial charge in [0.25, 0.3) is 0 Å². The Labute approximate surface area is 180 Å². The summed E-state index contributed by atoms with van der Waals surface area (Å²) in [5.41, 5.74) is 2.29. The quantitative estimate of drug-likeness (QED) is 0.454. The van der Waals surface area contributed by atoms with E-state index >= 15 is 0 Å². The van der Waals surface area contributed by atoms with Crippen LogP contribution < -0.4 is 10.6 Å². The summed E-state index contributed by atoms with van der Waals surface area (Å²) in [6.07, 6.45) is -2.07. The van der Waals surface area contributed by atoms with Gasteiger partial charge in [-0.1, -0.05) is 42.5 Å². The van der Waals surface area contributed by atoms with Gasteiger partial charge in [-0.3, -0.25) is 4.98 Å². The van der Waals surface area contributed by atoms with Crippen LogP contribution in [0.3, 0.4) is 0 Å². The molecule has 0 radical (unpaired) electrons. The first-order chi connectivity index (χ1) is 15.2. The number of rotatable bonds is 5. The molecule has 1 atom stereocenters. The van der Waals surface area contributed by atoms with Gasteiger partial charge >= 0.3 is 24.1 Å².